The molecule has 4 rings (SSSR count). The summed E-state index contributed by atoms with van der Waals surface area (Å²) in [5.74, 6) is -3.00. The molecule has 2 unspecified atom stereocenters. The number of hydrogen-bond donors (Lipinski definition) is 2. The van der Waals surface area contributed by atoms with Gasteiger partial charge in [0.2, 0.25) is 17.2 Å². The van der Waals surface area contributed by atoms with E-state index in [1.54, 1.807) is 12.1 Å². The molecule has 34 heavy (non-hydrogen) atoms. The monoisotopic (exact) mass is 466 g/mol. The third-order valence-corrected chi connectivity index (χ3v) is 6.85. The van der Waals surface area contributed by atoms with Gasteiger partial charge >= 0.3 is 0 Å². The summed E-state index contributed by atoms with van der Waals surface area (Å²) in [6, 6.07) is 9.29. The smallest absolute Gasteiger partial charge is 0.280 e. The van der Waals surface area contributed by atoms with Gasteiger partial charge in [0.15, 0.2) is 0 Å². The molecule has 1 aliphatic carbocycles. The van der Waals surface area contributed by atoms with Crippen molar-refractivity contribution in [3.05, 3.63) is 68.8 Å². The molecule has 0 radical (unpaired) electrons. The van der Waals surface area contributed by atoms with Gasteiger partial charge in [-0.25, -0.2) is 0 Å². The van der Waals surface area contributed by atoms with Crippen LogP contribution < -0.4 is 10.1 Å². The first kappa shape index (κ1) is 23.9. The van der Waals surface area contributed by atoms with Gasteiger partial charge in [-0.3, -0.25) is 19.7 Å². The number of nitro groups is 1. The molecule has 1 amide bonds. The Bertz CT molecular complexity index is 1160. The van der Waals surface area contributed by atoms with Crippen LogP contribution in [0.4, 0.5) is 5.69 Å². The highest BCUT2D eigenvalue weighted by Crippen LogP contribution is 2.59. The van der Waals surface area contributed by atoms with Gasteiger partial charge in [0, 0.05) is 23.6 Å². The minimum atomic E-state index is -2.29. The highest BCUT2D eigenvalue weighted by Gasteiger charge is 2.73. The molecule has 2 aromatic rings. The van der Waals surface area contributed by atoms with Crippen LogP contribution in [0.2, 0.25) is 0 Å². The molecule has 0 fully saturated rings. The molecule has 2 aliphatic rings. The molecule has 2 N–H and O–H groups in total. The van der Waals surface area contributed by atoms with E-state index in [0.29, 0.717) is 12.0 Å². The quantitative estimate of drug-likeness (QED) is 0.311. The topological polar surface area (TPSA) is 119 Å². The molecule has 8 nitrogen and oxygen atoms in total. The predicted molar refractivity (Wildman–Crippen MR) is 126 cm³/mol. The van der Waals surface area contributed by atoms with Gasteiger partial charge in [-0.1, -0.05) is 70.7 Å². The van der Waals surface area contributed by atoms with Crippen molar-refractivity contribution >= 4 is 17.4 Å². The Hall–Kier alpha value is -3.26. The minimum Gasteiger partial charge on any atom is -0.454 e. The summed E-state index contributed by atoms with van der Waals surface area (Å²) in [4.78, 5) is 38.0. The molecule has 0 aromatic heterocycles. The zero-order valence-electron chi connectivity index (χ0n) is 19.7. The summed E-state index contributed by atoms with van der Waals surface area (Å²) in [7, 11) is 0. The molecule has 2 aromatic carbocycles. The lowest BCUT2D eigenvalue weighted by Gasteiger charge is -2.34. The van der Waals surface area contributed by atoms with Crippen LogP contribution in [0.1, 0.15) is 92.3 Å². The summed E-state index contributed by atoms with van der Waals surface area (Å²) in [5, 5.41) is 26.3. The fraction of sp³-hybridized carbons (Fsp3) is 0.462. The second-order valence-electron chi connectivity index (χ2n) is 9.40. The van der Waals surface area contributed by atoms with E-state index in [-0.39, 0.29) is 29.2 Å². The van der Waals surface area contributed by atoms with Gasteiger partial charge in [0.25, 0.3) is 11.5 Å². The van der Waals surface area contributed by atoms with Gasteiger partial charge in [0.1, 0.15) is 11.3 Å². The van der Waals surface area contributed by atoms with Gasteiger partial charge in [-0.05, 0) is 24.0 Å². The number of Topliss-reactive ketones (excluding diaryl/α,β-unsaturated/α-hetero) is 1. The summed E-state index contributed by atoms with van der Waals surface area (Å²) in [5.41, 5.74) is -1.44. The summed E-state index contributed by atoms with van der Waals surface area (Å²) < 4.78 is 6.00. The third kappa shape index (κ3) is 3.48. The minimum absolute atomic E-state index is 0.0164. The summed E-state index contributed by atoms with van der Waals surface area (Å²) >= 11 is 0. The Balaban J connectivity index is 1.79. The van der Waals surface area contributed by atoms with Crippen molar-refractivity contribution in [2.45, 2.75) is 76.5 Å². The second-order valence-corrected chi connectivity index (χ2v) is 9.40. The molecule has 2 atom stereocenters. The number of rotatable bonds is 9. The van der Waals surface area contributed by atoms with Gasteiger partial charge in [-0.2, -0.15) is 0 Å². The molecule has 0 saturated carbocycles. The van der Waals surface area contributed by atoms with Crippen molar-refractivity contribution < 1.29 is 24.4 Å². The van der Waals surface area contributed by atoms with E-state index in [9.17, 15) is 24.8 Å². The molecule has 0 saturated heterocycles. The maximum absolute atomic E-state index is 13.9. The number of nitro benzene ring substituents is 1. The van der Waals surface area contributed by atoms with E-state index in [1.165, 1.54) is 18.2 Å². The van der Waals surface area contributed by atoms with Crippen molar-refractivity contribution in [3.8, 4) is 5.75 Å². The Kier molecular flexibility index (Phi) is 6.20. The first-order valence-corrected chi connectivity index (χ1v) is 11.9. The average molecular weight is 467 g/mol. The van der Waals surface area contributed by atoms with E-state index < -0.39 is 33.6 Å². The maximum atomic E-state index is 13.9. The van der Waals surface area contributed by atoms with E-state index in [1.807, 2.05) is 19.9 Å². The summed E-state index contributed by atoms with van der Waals surface area (Å²) in [6.45, 7) is 6.12. The van der Waals surface area contributed by atoms with Crippen LogP contribution in [0.3, 0.4) is 0 Å². The van der Waals surface area contributed by atoms with Crippen LogP contribution in [0, 0.1) is 10.1 Å². The SMILES string of the molecule is CCCCCCCC(=O)NC12C(=O)c3c([N+](=O)[O-])cccc3C1(O)Oc1cc(C(C)C)ccc12. The van der Waals surface area contributed by atoms with Gasteiger partial charge in [0.05, 0.1) is 4.92 Å². The number of amides is 1. The molecule has 0 spiro atoms. The molecular formula is C26H30N2O6. The number of ether oxygens (including phenoxy) is 1. The lowest BCUT2D eigenvalue weighted by molar-refractivity contribution is -0.385. The largest absolute Gasteiger partial charge is 0.454 e. The molecular weight excluding hydrogens is 436 g/mol. The van der Waals surface area contributed by atoms with Crippen molar-refractivity contribution in [2.24, 2.45) is 0 Å². The van der Waals surface area contributed by atoms with Crippen LogP contribution in [0.15, 0.2) is 36.4 Å². The van der Waals surface area contributed by atoms with Crippen LogP contribution in [0.5, 0.6) is 5.75 Å². The normalized spacial score (nSPS) is 22.2. The third-order valence-electron chi connectivity index (χ3n) is 6.85. The van der Waals surface area contributed by atoms with Crippen molar-refractivity contribution in [1.82, 2.24) is 5.32 Å². The zero-order valence-corrected chi connectivity index (χ0v) is 19.7. The second kappa shape index (κ2) is 8.83. The molecule has 8 heteroatoms. The predicted octanol–water partition coefficient (Wildman–Crippen LogP) is 4.82. The number of carbonyl (C=O) groups excluding carboxylic acids is 2. The average Bonchev–Trinajstić information content (AvgIpc) is 3.15. The summed E-state index contributed by atoms with van der Waals surface area (Å²) in [6.07, 6.45) is 4.87. The standard InChI is InChI=1S/C26H30N2O6/c1-4-5-6-7-8-12-22(29)27-25-18-14-13-17(16(2)3)15-21(18)34-26(25,31)19-10-9-11-20(28(32)33)23(19)24(25)30/h9-11,13-16,31H,4-8,12H2,1-3H3,(H,27,29). The molecule has 180 valence electrons. The first-order chi connectivity index (χ1) is 16.2. The lowest BCUT2D eigenvalue weighted by atomic mass is 9.82. The number of nitrogens with zero attached hydrogens (tertiary/aromatic N) is 1. The Morgan fingerprint density at radius 3 is 2.56 bits per heavy atom. The Morgan fingerprint density at radius 1 is 1.15 bits per heavy atom. The van der Waals surface area contributed by atoms with Gasteiger partial charge < -0.3 is 15.2 Å². The van der Waals surface area contributed by atoms with Gasteiger partial charge in [-0.15, -0.1) is 0 Å². The highest BCUT2D eigenvalue weighted by molar-refractivity contribution is 6.14. The first-order valence-electron chi connectivity index (χ1n) is 11.9. The van der Waals surface area contributed by atoms with Crippen LogP contribution in [-0.4, -0.2) is 21.7 Å². The van der Waals surface area contributed by atoms with Crippen LogP contribution in [0.25, 0.3) is 0 Å². The zero-order chi connectivity index (χ0) is 24.7. The highest BCUT2D eigenvalue weighted by atomic mass is 16.6. The Morgan fingerprint density at radius 2 is 1.88 bits per heavy atom. The number of hydrogen-bond acceptors (Lipinski definition) is 6. The maximum Gasteiger partial charge on any atom is 0.280 e. The number of benzene rings is 2. The van der Waals surface area contributed by atoms with E-state index in [4.69, 9.17) is 4.74 Å². The number of aliphatic hydroxyl groups is 1. The van der Waals surface area contributed by atoms with Crippen LogP contribution >= 0.6 is 0 Å². The van der Waals surface area contributed by atoms with Crippen molar-refractivity contribution in [2.75, 3.05) is 0 Å². The number of fused-ring (bicyclic) bond motifs is 5. The molecule has 1 heterocycles. The fourth-order valence-corrected chi connectivity index (χ4v) is 5.01. The lowest BCUT2D eigenvalue weighted by Crippen LogP contribution is -2.60. The molecule has 0 bridgehead atoms. The molecule has 1 aliphatic heterocycles. The van der Waals surface area contributed by atoms with E-state index in [2.05, 4.69) is 12.2 Å². The van der Waals surface area contributed by atoms with Crippen molar-refractivity contribution in [3.63, 3.8) is 0 Å². The number of ketones is 1. The number of nitrogens with one attached hydrogen (secondary N) is 1. The number of carbonyl (C=O) groups is 2. The van der Waals surface area contributed by atoms with E-state index >= 15 is 0 Å². The Labute approximate surface area is 198 Å². The number of unbranched alkanes of at least 4 members (excludes halogenated alkanes) is 4. The van der Waals surface area contributed by atoms with Crippen molar-refractivity contribution in [1.29, 1.82) is 0 Å². The van der Waals surface area contributed by atoms with E-state index in [0.717, 1.165) is 31.2 Å². The van der Waals surface area contributed by atoms with Crippen LogP contribution in [-0.2, 0) is 16.1 Å². The fourth-order valence-electron chi connectivity index (χ4n) is 5.01.